The third-order valence-electron chi connectivity index (χ3n) is 4.16. The molecular weight excluding hydrogens is 232 g/mol. The number of benzene rings is 1. The van der Waals surface area contributed by atoms with Crippen LogP contribution in [0.1, 0.15) is 44.2 Å². The molecule has 0 saturated carbocycles. The Balaban J connectivity index is 2.17. The van der Waals surface area contributed by atoms with Crippen molar-refractivity contribution in [2.45, 2.75) is 46.6 Å². The monoisotopic (exact) mass is 260 g/mol. The Bertz CT molecular complexity index is 400. The van der Waals surface area contributed by atoms with Gasteiger partial charge < -0.3 is 10.2 Å². The van der Waals surface area contributed by atoms with Gasteiger partial charge in [-0.15, -0.1) is 0 Å². The molecule has 0 radical (unpaired) electrons. The molecule has 0 amide bonds. The number of aryl methyl sites for hydroxylation is 1. The van der Waals surface area contributed by atoms with E-state index in [-0.39, 0.29) is 0 Å². The summed E-state index contributed by atoms with van der Waals surface area (Å²) in [5, 5.41) is 3.47. The van der Waals surface area contributed by atoms with Crippen LogP contribution in [-0.2, 0) is 6.54 Å². The van der Waals surface area contributed by atoms with Crippen molar-refractivity contribution in [3.05, 3.63) is 29.3 Å². The zero-order valence-corrected chi connectivity index (χ0v) is 12.7. The second-order valence-electron chi connectivity index (χ2n) is 5.94. The van der Waals surface area contributed by atoms with Crippen molar-refractivity contribution < 1.29 is 0 Å². The first-order chi connectivity index (χ1) is 9.20. The lowest BCUT2D eigenvalue weighted by Gasteiger charge is -2.26. The zero-order valence-electron chi connectivity index (χ0n) is 12.7. The largest absolute Gasteiger partial charge is 0.371 e. The third-order valence-corrected chi connectivity index (χ3v) is 4.16. The van der Waals surface area contributed by atoms with E-state index in [1.165, 1.54) is 49.2 Å². The van der Waals surface area contributed by atoms with Gasteiger partial charge in [-0.2, -0.15) is 0 Å². The summed E-state index contributed by atoms with van der Waals surface area (Å²) in [6, 6.07) is 6.91. The van der Waals surface area contributed by atoms with Crippen LogP contribution in [0.25, 0.3) is 0 Å². The molecule has 1 fully saturated rings. The van der Waals surface area contributed by atoms with Crippen LogP contribution in [-0.4, -0.2) is 19.6 Å². The lowest BCUT2D eigenvalue weighted by molar-refractivity contribution is 0.521. The van der Waals surface area contributed by atoms with E-state index in [0.717, 1.165) is 19.0 Å². The molecule has 2 rings (SSSR count). The first-order valence-corrected chi connectivity index (χ1v) is 7.76. The molecular formula is C17H28N2. The van der Waals surface area contributed by atoms with E-state index in [4.69, 9.17) is 0 Å². The fourth-order valence-electron chi connectivity index (χ4n) is 2.93. The molecule has 0 spiro atoms. The molecule has 1 atom stereocenters. The topological polar surface area (TPSA) is 15.3 Å². The Labute approximate surface area is 118 Å². The quantitative estimate of drug-likeness (QED) is 0.887. The lowest BCUT2D eigenvalue weighted by atomic mass is 10.0. The van der Waals surface area contributed by atoms with Gasteiger partial charge in [-0.25, -0.2) is 0 Å². The maximum absolute atomic E-state index is 3.47. The van der Waals surface area contributed by atoms with Crippen LogP contribution in [0.3, 0.4) is 0 Å². The fourth-order valence-corrected chi connectivity index (χ4v) is 2.93. The fraction of sp³-hybridized carbons (Fsp3) is 0.647. The van der Waals surface area contributed by atoms with Gasteiger partial charge in [0.1, 0.15) is 0 Å². The molecule has 1 aromatic rings. The van der Waals surface area contributed by atoms with E-state index >= 15 is 0 Å². The highest BCUT2D eigenvalue weighted by molar-refractivity contribution is 5.55. The molecule has 0 bridgehead atoms. The van der Waals surface area contributed by atoms with Gasteiger partial charge in [0.25, 0.3) is 0 Å². The minimum absolute atomic E-state index is 0.882. The standard InChI is InChI=1S/C17H28N2/c1-4-18-13-16-12-15(3)7-8-17(16)19-10-5-6-14(2)9-11-19/h7-8,12,14,18H,4-6,9-11,13H2,1-3H3. The Hall–Kier alpha value is -1.02. The molecule has 1 aliphatic heterocycles. The van der Waals surface area contributed by atoms with E-state index in [1.54, 1.807) is 0 Å². The number of nitrogens with zero attached hydrogens (tertiary/aromatic N) is 1. The molecule has 0 aliphatic carbocycles. The van der Waals surface area contributed by atoms with Gasteiger partial charge >= 0.3 is 0 Å². The van der Waals surface area contributed by atoms with E-state index in [9.17, 15) is 0 Å². The Morgan fingerprint density at radius 2 is 2.11 bits per heavy atom. The molecule has 19 heavy (non-hydrogen) atoms. The zero-order chi connectivity index (χ0) is 13.7. The molecule has 0 aromatic heterocycles. The summed E-state index contributed by atoms with van der Waals surface area (Å²) in [4.78, 5) is 2.59. The average molecular weight is 260 g/mol. The number of hydrogen-bond donors (Lipinski definition) is 1. The van der Waals surface area contributed by atoms with Gasteiger partial charge in [0.2, 0.25) is 0 Å². The summed E-state index contributed by atoms with van der Waals surface area (Å²) in [6.07, 6.45) is 4.04. The molecule has 1 saturated heterocycles. The van der Waals surface area contributed by atoms with Crippen molar-refractivity contribution in [2.24, 2.45) is 5.92 Å². The molecule has 106 valence electrons. The molecule has 2 nitrogen and oxygen atoms in total. The van der Waals surface area contributed by atoms with Crippen LogP contribution in [0.4, 0.5) is 5.69 Å². The van der Waals surface area contributed by atoms with Crippen LogP contribution in [0.5, 0.6) is 0 Å². The van der Waals surface area contributed by atoms with Crippen molar-refractivity contribution in [1.82, 2.24) is 5.32 Å². The van der Waals surface area contributed by atoms with Gasteiger partial charge in [0.15, 0.2) is 0 Å². The van der Waals surface area contributed by atoms with Crippen LogP contribution in [0.15, 0.2) is 18.2 Å². The van der Waals surface area contributed by atoms with Crippen LogP contribution < -0.4 is 10.2 Å². The smallest absolute Gasteiger partial charge is 0.0412 e. The summed E-state index contributed by atoms with van der Waals surface area (Å²) < 4.78 is 0. The van der Waals surface area contributed by atoms with Crippen LogP contribution >= 0.6 is 0 Å². The highest BCUT2D eigenvalue weighted by Gasteiger charge is 2.16. The van der Waals surface area contributed by atoms with E-state index in [2.05, 4.69) is 49.2 Å². The maximum atomic E-state index is 3.47. The molecule has 2 heteroatoms. The van der Waals surface area contributed by atoms with Gasteiger partial charge in [-0.05, 0) is 50.3 Å². The maximum Gasteiger partial charge on any atom is 0.0412 e. The van der Waals surface area contributed by atoms with Gasteiger partial charge in [-0.1, -0.05) is 31.5 Å². The summed E-state index contributed by atoms with van der Waals surface area (Å²) in [7, 11) is 0. The number of nitrogens with one attached hydrogen (secondary N) is 1. The Kier molecular flexibility index (Phi) is 5.26. The van der Waals surface area contributed by atoms with Crippen LogP contribution in [0, 0.1) is 12.8 Å². The summed E-state index contributed by atoms with van der Waals surface area (Å²) in [6.45, 7) is 11.2. The van der Waals surface area contributed by atoms with Gasteiger partial charge in [-0.3, -0.25) is 0 Å². The van der Waals surface area contributed by atoms with Crippen molar-refractivity contribution >= 4 is 5.69 Å². The lowest BCUT2D eigenvalue weighted by Crippen LogP contribution is -2.26. The molecule has 1 aromatic carbocycles. The predicted octanol–water partition coefficient (Wildman–Crippen LogP) is 3.73. The van der Waals surface area contributed by atoms with Gasteiger partial charge in [0, 0.05) is 25.3 Å². The average Bonchev–Trinajstić information content (AvgIpc) is 2.61. The minimum Gasteiger partial charge on any atom is -0.371 e. The molecule has 1 aliphatic rings. The second-order valence-corrected chi connectivity index (χ2v) is 5.94. The van der Waals surface area contributed by atoms with Crippen molar-refractivity contribution in [2.75, 3.05) is 24.5 Å². The highest BCUT2D eigenvalue weighted by atomic mass is 15.1. The van der Waals surface area contributed by atoms with Crippen LogP contribution in [0.2, 0.25) is 0 Å². The van der Waals surface area contributed by atoms with Gasteiger partial charge in [0.05, 0.1) is 0 Å². The summed E-state index contributed by atoms with van der Waals surface area (Å²) in [5.74, 6) is 0.882. The summed E-state index contributed by atoms with van der Waals surface area (Å²) >= 11 is 0. The van der Waals surface area contributed by atoms with E-state index in [0.29, 0.717) is 0 Å². The molecule has 1 N–H and O–H groups in total. The van der Waals surface area contributed by atoms with E-state index in [1.807, 2.05) is 0 Å². The number of anilines is 1. The first-order valence-electron chi connectivity index (χ1n) is 7.76. The summed E-state index contributed by atoms with van der Waals surface area (Å²) in [5.41, 5.74) is 4.26. The normalized spacial score (nSPS) is 20.4. The van der Waals surface area contributed by atoms with Crippen molar-refractivity contribution in [3.63, 3.8) is 0 Å². The molecule has 1 heterocycles. The Morgan fingerprint density at radius 1 is 1.26 bits per heavy atom. The number of rotatable bonds is 4. The third kappa shape index (κ3) is 3.97. The molecule has 1 unspecified atom stereocenters. The highest BCUT2D eigenvalue weighted by Crippen LogP contribution is 2.26. The second kappa shape index (κ2) is 6.95. The number of hydrogen-bond acceptors (Lipinski definition) is 2. The van der Waals surface area contributed by atoms with Crippen molar-refractivity contribution in [1.29, 1.82) is 0 Å². The van der Waals surface area contributed by atoms with Crippen molar-refractivity contribution in [3.8, 4) is 0 Å². The SMILES string of the molecule is CCNCc1cc(C)ccc1N1CCCC(C)CC1. The Morgan fingerprint density at radius 3 is 2.89 bits per heavy atom. The van der Waals surface area contributed by atoms with E-state index < -0.39 is 0 Å². The minimum atomic E-state index is 0.882. The first kappa shape index (κ1) is 14.4. The predicted molar refractivity (Wildman–Crippen MR) is 83.8 cm³/mol.